The highest BCUT2D eigenvalue weighted by atomic mass is 16.5. The summed E-state index contributed by atoms with van der Waals surface area (Å²) in [5.74, 6) is -0.548. The third-order valence-corrected chi connectivity index (χ3v) is 4.30. The van der Waals surface area contributed by atoms with Gasteiger partial charge in [0.15, 0.2) is 6.61 Å². The second kappa shape index (κ2) is 10.1. The van der Waals surface area contributed by atoms with Gasteiger partial charge < -0.3 is 20.1 Å². The number of anilines is 2. The van der Waals surface area contributed by atoms with Crippen molar-refractivity contribution in [3.63, 3.8) is 0 Å². The van der Waals surface area contributed by atoms with E-state index < -0.39 is 18.5 Å². The van der Waals surface area contributed by atoms with Crippen molar-refractivity contribution >= 4 is 46.0 Å². The fourth-order valence-electron chi connectivity index (χ4n) is 2.90. The van der Waals surface area contributed by atoms with Gasteiger partial charge >= 0.3 is 5.97 Å². The second-order valence-corrected chi connectivity index (χ2v) is 6.72. The van der Waals surface area contributed by atoms with Crippen LogP contribution in [0, 0.1) is 0 Å². The lowest BCUT2D eigenvalue weighted by Gasteiger charge is -2.08. The summed E-state index contributed by atoms with van der Waals surface area (Å²) >= 11 is 0. The van der Waals surface area contributed by atoms with Gasteiger partial charge in [0.25, 0.3) is 5.91 Å². The standard InChI is InChI=1S/C24H22N2O5/c1-16(27)25-20-4-3-5-21(14-20)26-23(28)15-31-24(29)11-7-17-6-8-19-13-22(30-2)10-9-18(19)12-17/h3-14H,15H2,1-2H3,(H,25,27)(H,26,28)/b11-7+. The van der Waals surface area contributed by atoms with Crippen LogP contribution in [0.15, 0.2) is 66.7 Å². The van der Waals surface area contributed by atoms with Crippen LogP contribution in [-0.2, 0) is 19.1 Å². The van der Waals surface area contributed by atoms with E-state index in [9.17, 15) is 14.4 Å². The number of fused-ring (bicyclic) bond motifs is 1. The zero-order chi connectivity index (χ0) is 22.2. The lowest BCUT2D eigenvalue weighted by Crippen LogP contribution is -2.20. The van der Waals surface area contributed by atoms with Crippen LogP contribution in [0.5, 0.6) is 5.75 Å². The van der Waals surface area contributed by atoms with Gasteiger partial charge in [0.1, 0.15) is 5.75 Å². The van der Waals surface area contributed by atoms with Crippen molar-refractivity contribution in [2.24, 2.45) is 0 Å². The van der Waals surface area contributed by atoms with Crippen LogP contribution in [0.1, 0.15) is 12.5 Å². The Bertz CT molecular complexity index is 1150. The van der Waals surface area contributed by atoms with Crippen LogP contribution in [0.25, 0.3) is 16.8 Å². The topological polar surface area (TPSA) is 93.7 Å². The Kier molecular flexibility index (Phi) is 7.01. The van der Waals surface area contributed by atoms with Crippen molar-refractivity contribution in [2.75, 3.05) is 24.4 Å². The first-order chi connectivity index (χ1) is 14.9. The van der Waals surface area contributed by atoms with Gasteiger partial charge in [-0.05, 0) is 58.8 Å². The van der Waals surface area contributed by atoms with E-state index in [0.29, 0.717) is 11.4 Å². The Labute approximate surface area is 179 Å². The van der Waals surface area contributed by atoms with Crippen molar-refractivity contribution < 1.29 is 23.9 Å². The van der Waals surface area contributed by atoms with E-state index in [1.165, 1.54) is 13.0 Å². The average molecular weight is 418 g/mol. The smallest absolute Gasteiger partial charge is 0.331 e. The van der Waals surface area contributed by atoms with Crippen LogP contribution in [0.2, 0.25) is 0 Å². The molecule has 0 aliphatic heterocycles. The average Bonchev–Trinajstić information content (AvgIpc) is 2.75. The summed E-state index contributed by atoms with van der Waals surface area (Å²) in [4.78, 5) is 35.1. The summed E-state index contributed by atoms with van der Waals surface area (Å²) < 4.78 is 10.2. The summed E-state index contributed by atoms with van der Waals surface area (Å²) in [5, 5.41) is 7.28. The Balaban J connectivity index is 1.52. The van der Waals surface area contributed by atoms with Gasteiger partial charge in [-0.1, -0.05) is 24.3 Å². The molecule has 2 N–H and O–H groups in total. The third kappa shape index (κ3) is 6.43. The Morgan fingerprint density at radius 3 is 2.35 bits per heavy atom. The molecule has 3 aromatic carbocycles. The van der Waals surface area contributed by atoms with Gasteiger partial charge in [-0.25, -0.2) is 4.79 Å². The number of hydrogen-bond acceptors (Lipinski definition) is 5. The van der Waals surface area contributed by atoms with Crippen molar-refractivity contribution in [3.05, 3.63) is 72.3 Å². The van der Waals surface area contributed by atoms with Crippen molar-refractivity contribution in [2.45, 2.75) is 6.92 Å². The monoisotopic (exact) mass is 418 g/mol. The zero-order valence-corrected chi connectivity index (χ0v) is 17.2. The van der Waals surface area contributed by atoms with E-state index in [4.69, 9.17) is 9.47 Å². The molecule has 7 heteroatoms. The lowest BCUT2D eigenvalue weighted by atomic mass is 10.1. The number of carbonyl (C=O) groups is 3. The molecule has 31 heavy (non-hydrogen) atoms. The van der Waals surface area contributed by atoms with E-state index in [2.05, 4.69) is 10.6 Å². The fourth-order valence-corrected chi connectivity index (χ4v) is 2.90. The molecule has 0 bridgehead atoms. The van der Waals surface area contributed by atoms with Crippen molar-refractivity contribution in [1.82, 2.24) is 0 Å². The quantitative estimate of drug-likeness (QED) is 0.447. The Morgan fingerprint density at radius 2 is 1.61 bits per heavy atom. The molecule has 2 amide bonds. The van der Waals surface area contributed by atoms with Crippen LogP contribution >= 0.6 is 0 Å². The molecule has 0 spiro atoms. The normalized spacial score (nSPS) is 10.6. The van der Waals surface area contributed by atoms with Crippen LogP contribution in [-0.4, -0.2) is 31.5 Å². The first-order valence-electron chi connectivity index (χ1n) is 9.53. The van der Waals surface area contributed by atoms with Gasteiger partial charge in [0, 0.05) is 24.4 Å². The molecule has 0 aromatic heterocycles. The molecule has 0 atom stereocenters. The number of esters is 1. The molecule has 0 heterocycles. The summed E-state index contributed by atoms with van der Waals surface area (Å²) in [5.41, 5.74) is 1.86. The Hall–Kier alpha value is -4.13. The Morgan fingerprint density at radius 1 is 0.903 bits per heavy atom. The molecule has 3 rings (SSSR count). The minimum Gasteiger partial charge on any atom is -0.497 e. The van der Waals surface area contributed by atoms with Gasteiger partial charge in [-0.2, -0.15) is 0 Å². The molecule has 0 aliphatic carbocycles. The van der Waals surface area contributed by atoms with Crippen molar-refractivity contribution in [3.8, 4) is 5.75 Å². The molecule has 3 aromatic rings. The van der Waals surface area contributed by atoms with Gasteiger partial charge in [0.2, 0.25) is 5.91 Å². The van der Waals surface area contributed by atoms with Gasteiger partial charge in [-0.15, -0.1) is 0 Å². The van der Waals surface area contributed by atoms with Crippen molar-refractivity contribution in [1.29, 1.82) is 0 Å². The predicted molar refractivity (Wildman–Crippen MR) is 120 cm³/mol. The van der Waals surface area contributed by atoms with Crippen LogP contribution < -0.4 is 15.4 Å². The minimum absolute atomic E-state index is 0.213. The van der Waals surface area contributed by atoms with E-state index in [-0.39, 0.29) is 5.91 Å². The predicted octanol–water partition coefficient (Wildman–Crippen LogP) is 4.00. The minimum atomic E-state index is -0.628. The SMILES string of the molecule is COc1ccc2cc(/C=C/C(=O)OCC(=O)Nc3cccc(NC(C)=O)c3)ccc2c1. The van der Waals surface area contributed by atoms with Gasteiger partial charge in [0.05, 0.1) is 7.11 Å². The molecular formula is C24H22N2O5. The van der Waals surface area contributed by atoms with Crippen LogP contribution in [0.4, 0.5) is 11.4 Å². The van der Waals surface area contributed by atoms with E-state index >= 15 is 0 Å². The van der Waals surface area contributed by atoms with E-state index in [0.717, 1.165) is 22.1 Å². The third-order valence-electron chi connectivity index (χ3n) is 4.30. The largest absolute Gasteiger partial charge is 0.497 e. The number of carbonyl (C=O) groups excluding carboxylic acids is 3. The molecule has 0 saturated carbocycles. The number of rotatable bonds is 7. The fraction of sp³-hybridized carbons (Fsp3) is 0.125. The number of benzene rings is 3. The molecule has 0 fully saturated rings. The first-order valence-corrected chi connectivity index (χ1v) is 9.53. The summed E-state index contributed by atoms with van der Waals surface area (Å²) in [7, 11) is 1.62. The van der Waals surface area contributed by atoms with E-state index in [1.54, 1.807) is 37.5 Å². The molecule has 158 valence electrons. The number of amides is 2. The lowest BCUT2D eigenvalue weighted by molar-refractivity contribution is -0.142. The zero-order valence-electron chi connectivity index (χ0n) is 17.2. The molecule has 0 saturated heterocycles. The molecule has 7 nitrogen and oxygen atoms in total. The molecule has 0 unspecified atom stereocenters. The summed E-state index contributed by atoms with van der Waals surface area (Å²) in [6.45, 7) is 0.971. The highest BCUT2D eigenvalue weighted by molar-refractivity contribution is 5.96. The maximum absolute atomic E-state index is 12.0. The molecule has 0 aliphatic rings. The summed E-state index contributed by atoms with van der Waals surface area (Å²) in [6.07, 6.45) is 2.90. The molecule has 0 radical (unpaired) electrons. The highest BCUT2D eigenvalue weighted by Crippen LogP contribution is 2.22. The van der Waals surface area contributed by atoms with E-state index in [1.807, 2.05) is 36.4 Å². The van der Waals surface area contributed by atoms with Crippen LogP contribution in [0.3, 0.4) is 0 Å². The number of nitrogens with one attached hydrogen (secondary N) is 2. The maximum atomic E-state index is 12.0. The first kappa shape index (κ1) is 21.6. The number of methoxy groups -OCH3 is 1. The summed E-state index contributed by atoms with van der Waals surface area (Å²) in [6, 6.07) is 18.2. The number of hydrogen-bond donors (Lipinski definition) is 2. The number of ether oxygens (including phenoxy) is 2. The molecular weight excluding hydrogens is 396 g/mol. The second-order valence-electron chi connectivity index (χ2n) is 6.72. The van der Waals surface area contributed by atoms with Gasteiger partial charge in [-0.3, -0.25) is 9.59 Å². The maximum Gasteiger partial charge on any atom is 0.331 e. The highest BCUT2D eigenvalue weighted by Gasteiger charge is 2.07.